The van der Waals surface area contributed by atoms with E-state index in [4.69, 9.17) is 19.3 Å². The van der Waals surface area contributed by atoms with Gasteiger partial charge in [-0.25, -0.2) is 9.48 Å². The number of amides is 1. The van der Waals surface area contributed by atoms with Crippen LogP contribution in [0.1, 0.15) is 57.6 Å². The van der Waals surface area contributed by atoms with Crippen molar-refractivity contribution in [1.29, 1.82) is 0 Å². The molecule has 4 heterocycles. The van der Waals surface area contributed by atoms with Gasteiger partial charge in [0.05, 0.1) is 44.2 Å². The second-order valence-electron chi connectivity index (χ2n) is 11.8. The molecule has 2 aliphatic rings. The number of rotatable bonds is 5. The molecule has 216 valence electrons. The van der Waals surface area contributed by atoms with E-state index < -0.39 is 5.60 Å². The Morgan fingerprint density at radius 1 is 1.15 bits per heavy atom. The Morgan fingerprint density at radius 2 is 1.88 bits per heavy atom. The molecule has 0 bridgehead atoms. The number of nitrogens with zero attached hydrogens (tertiary/aromatic N) is 6. The Hall–Kier alpha value is -3.44. The molecule has 2 fully saturated rings. The van der Waals surface area contributed by atoms with Gasteiger partial charge >= 0.3 is 12.1 Å². The maximum atomic E-state index is 12.6. The number of ether oxygens (including phenoxy) is 3. The Labute approximate surface area is 235 Å². The van der Waals surface area contributed by atoms with Crippen LogP contribution in [0.15, 0.2) is 24.4 Å². The zero-order chi connectivity index (χ0) is 28.6. The molecule has 2 aromatic heterocycles. The first-order valence-corrected chi connectivity index (χ1v) is 13.9. The lowest BCUT2D eigenvalue weighted by atomic mass is 9.86. The van der Waals surface area contributed by atoms with E-state index in [1.807, 2.05) is 42.6 Å². The van der Waals surface area contributed by atoms with Crippen molar-refractivity contribution in [2.45, 2.75) is 71.1 Å². The molecule has 0 saturated carbocycles. The van der Waals surface area contributed by atoms with Gasteiger partial charge in [0.25, 0.3) is 0 Å². The molecule has 11 heteroatoms. The highest BCUT2D eigenvalue weighted by atomic mass is 16.6. The summed E-state index contributed by atoms with van der Waals surface area (Å²) in [5, 5.41) is 15.4. The predicted molar refractivity (Wildman–Crippen MR) is 151 cm³/mol. The molecule has 2 unspecified atom stereocenters. The van der Waals surface area contributed by atoms with Gasteiger partial charge in [0.15, 0.2) is 5.82 Å². The second kappa shape index (κ2) is 11.2. The van der Waals surface area contributed by atoms with Gasteiger partial charge in [-0.15, -0.1) is 0 Å². The molecule has 2 aliphatic heterocycles. The van der Waals surface area contributed by atoms with E-state index >= 15 is 0 Å². The quantitative estimate of drug-likeness (QED) is 0.504. The third-order valence-electron chi connectivity index (χ3n) is 7.62. The van der Waals surface area contributed by atoms with E-state index in [1.165, 1.54) is 11.1 Å². The first-order valence-electron chi connectivity index (χ1n) is 13.9. The molecule has 0 spiro atoms. The van der Waals surface area contributed by atoms with Crippen molar-refractivity contribution < 1.29 is 24.1 Å². The van der Waals surface area contributed by atoms with Crippen molar-refractivity contribution in [2.24, 2.45) is 0 Å². The number of likely N-dealkylation sites (tertiary alicyclic amines) is 1. The van der Waals surface area contributed by atoms with Crippen molar-refractivity contribution in [1.82, 2.24) is 24.6 Å². The van der Waals surface area contributed by atoms with Gasteiger partial charge in [0.1, 0.15) is 11.4 Å². The van der Waals surface area contributed by atoms with Crippen LogP contribution >= 0.6 is 0 Å². The summed E-state index contributed by atoms with van der Waals surface area (Å²) in [4.78, 5) is 25.7. The van der Waals surface area contributed by atoms with Gasteiger partial charge < -0.3 is 29.1 Å². The molecule has 1 N–H and O–H groups in total. The molecule has 3 aromatic rings. The molecule has 0 radical (unpaired) electrons. The van der Waals surface area contributed by atoms with Gasteiger partial charge in [0, 0.05) is 31.1 Å². The molecular formula is C29H40N6O5. The van der Waals surface area contributed by atoms with Crippen LogP contribution in [0.25, 0.3) is 16.7 Å². The molecule has 40 heavy (non-hydrogen) atoms. The molecule has 1 aromatic carbocycles. The van der Waals surface area contributed by atoms with Crippen LogP contribution in [0.4, 0.5) is 10.6 Å². The Balaban J connectivity index is 1.43. The van der Waals surface area contributed by atoms with E-state index in [2.05, 4.69) is 40.8 Å². The molecule has 11 nitrogen and oxygen atoms in total. The number of benzene rings is 1. The Kier molecular flexibility index (Phi) is 7.87. The molecule has 2 saturated heterocycles. The number of morpholine rings is 1. The minimum atomic E-state index is -0.502. The van der Waals surface area contributed by atoms with Crippen LogP contribution in [0, 0.1) is 6.92 Å². The number of carbonyl (C=O) groups is 1. The van der Waals surface area contributed by atoms with Gasteiger partial charge in [-0.1, -0.05) is 0 Å². The highest BCUT2D eigenvalue weighted by Gasteiger charge is 2.30. The summed E-state index contributed by atoms with van der Waals surface area (Å²) in [6.07, 6.45) is 3.06. The summed E-state index contributed by atoms with van der Waals surface area (Å²) in [6, 6.07) is 6.61. The molecular weight excluding hydrogens is 512 g/mol. The number of piperidine rings is 1. The summed E-state index contributed by atoms with van der Waals surface area (Å²) < 4.78 is 18.6. The van der Waals surface area contributed by atoms with Crippen molar-refractivity contribution in [2.75, 3.05) is 44.9 Å². The number of anilines is 1. The molecule has 2 atom stereocenters. The maximum Gasteiger partial charge on any atom is 0.410 e. The number of methoxy groups -OCH3 is 1. The Morgan fingerprint density at radius 3 is 2.55 bits per heavy atom. The van der Waals surface area contributed by atoms with Gasteiger partial charge in [0.2, 0.25) is 0 Å². The van der Waals surface area contributed by atoms with Crippen molar-refractivity contribution >= 4 is 22.8 Å². The zero-order valence-corrected chi connectivity index (χ0v) is 24.3. The minimum absolute atomic E-state index is 0.0546. The van der Waals surface area contributed by atoms with Gasteiger partial charge in [-0.05, 0) is 76.6 Å². The monoisotopic (exact) mass is 552 g/mol. The number of aliphatic hydroxyl groups is 1. The van der Waals surface area contributed by atoms with Crippen molar-refractivity contribution in [3.05, 3.63) is 35.5 Å². The fourth-order valence-corrected chi connectivity index (χ4v) is 5.52. The number of aliphatic hydroxyl groups excluding tert-OH is 1. The van der Waals surface area contributed by atoms with Crippen molar-refractivity contribution in [3.8, 4) is 11.8 Å². The first-order chi connectivity index (χ1) is 19.1. The molecule has 0 aliphatic carbocycles. The van der Waals surface area contributed by atoms with Crippen LogP contribution in [-0.4, -0.2) is 93.6 Å². The van der Waals surface area contributed by atoms with Crippen LogP contribution < -0.4 is 9.64 Å². The lowest BCUT2D eigenvalue weighted by Crippen LogP contribution is -2.50. The predicted octanol–water partition coefficient (Wildman–Crippen LogP) is 3.83. The van der Waals surface area contributed by atoms with Crippen LogP contribution in [0.3, 0.4) is 0 Å². The third-order valence-corrected chi connectivity index (χ3v) is 7.62. The van der Waals surface area contributed by atoms with E-state index in [0.717, 1.165) is 23.7 Å². The SMILES string of the molecule is COc1nc(N2CC(CO)OCC2C)cc(-n2ncc3cc(C)c(C4CCN(C(=O)OC(C)(C)C)CC4)cc32)n1. The summed E-state index contributed by atoms with van der Waals surface area (Å²) in [6.45, 7) is 12.2. The summed E-state index contributed by atoms with van der Waals surface area (Å²) >= 11 is 0. The average molecular weight is 553 g/mol. The molecule has 1 amide bonds. The average Bonchev–Trinajstić information content (AvgIpc) is 3.34. The second-order valence-corrected chi connectivity index (χ2v) is 11.8. The Bertz CT molecular complexity index is 1360. The van der Waals surface area contributed by atoms with Crippen molar-refractivity contribution in [3.63, 3.8) is 0 Å². The van der Waals surface area contributed by atoms with E-state index in [9.17, 15) is 9.90 Å². The van der Waals surface area contributed by atoms with E-state index in [-0.39, 0.29) is 30.9 Å². The fraction of sp³-hybridized carbons (Fsp3) is 0.586. The minimum Gasteiger partial charge on any atom is -0.467 e. The number of fused-ring (bicyclic) bond motifs is 1. The van der Waals surface area contributed by atoms with Crippen LogP contribution in [0.2, 0.25) is 0 Å². The van der Waals surface area contributed by atoms with Crippen LogP contribution in [-0.2, 0) is 9.47 Å². The fourth-order valence-electron chi connectivity index (χ4n) is 5.52. The highest BCUT2D eigenvalue weighted by Crippen LogP contribution is 2.34. The lowest BCUT2D eigenvalue weighted by Gasteiger charge is -2.38. The standard InChI is InChI=1S/C29H40N6O5/c1-18-11-21-14-30-35(24(21)12-23(18)20-7-9-33(10-8-20)28(37)40-29(3,4)5)26-13-25(31-27(32-26)38-6)34-15-22(16-36)39-17-19(34)2/h11-14,19-20,22,36H,7-10,15-17H2,1-6H3. The maximum absolute atomic E-state index is 12.6. The first kappa shape index (κ1) is 28.1. The number of carbonyl (C=O) groups excluding carboxylic acids is 1. The summed E-state index contributed by atoms with van der Waals surface area (Å²) in [5.41, 5.74) is 2.91. The normalized spacial score (nSPS) is 20.7. The highest BCUT2D eigenvalue weighted by molar-refractivity contribution is 5.82. The number of hydrogen-bond donors (Lipinski definition) is 1. The smallest absolute Gasteiger partial charge is 0.410 e. The van der Waals surface area contributed by atoms with Gasteiger partial charge in [-0.3, -0.25) is 0 Å². The largest absolute Gasteiger partial charge is 0.467 e. The topological polar surface area (TPSA) is 115 Å². The van der Waals surface area contributed by atoms with Gasteiger partial charge in [-0.2, -0.15) is 15.1 Å². The number of aromatic nitrogens is 4. The summed E-state index contributed by atoms with van der Waals surface area (Å²) in [5.74, 6) is 1.62. The molecule has 5 rings (SSSR count). The summed E-state index contributed by atoms with van der Waals surface area (Å²) in [7, 11) is 1.55. The third kappa shape index (κ3) is 5.85. The van der Waals surface area contributed by atoms with Crippen LogP contribution in [0.5, 0.6) is 6.01 Å². The number of hydrogen-bond acceptors (Lipinski definition) is 9. The zero-order valence-electron chi connectivity index (χ0n) is 24.3. The number of aryl methyl sites for hydroxylation is 1. The lowest BCUT2D eigenvalue weighted by molar-refractivity contribution is -0.0106. The van der Waals surface area contributed by atoms with E-state index in [0.29, 0.717) is 43.8 Å². The van der Waals surface area contributed by atoms with E-state index in [1.54, 1.807) is 7.11 Å².